The number of phenols is 1. The molecule has 1 aromatic carbocycles. The Morgan fingerprint density at radius 1 is 1.23 bits per heavy atom. The van der Waals surface area contributed by atoms with Crippen molar-refractivity contribution in [3.8, 4) is 5.75 Å². The van der Waals surface area contributed by atoms with Crippen LogP contribution in [-0.4, -0.2) is 31.8 Å². The lowest BCUT2D eigenvalue weighted by atomic mass is 9.95. The number of aryl methyl sites for hydroxylation is 1. The Hall–Kier alpha value is -3.09. The van der Waals surface area contributed by atoms with E-state index in [1.165, 1.54) is 19.3 Å². The second-order valence-electron chi connectivity index (χ2n) is 8.25. The van der Waals surface area contributed by atoms with Gasteiger partial charge in [0.2, 0.25) is 0 Å². The molecule has 4 rings (SSSR count). The summed E-state index contributed by atoms with van der Waals surface area (Å²) in [5.74, 6) is 0.0204. The summed E-state index contributed by atoms with van der Waals surface area (Å²) in [4.78, 5) is 17.9. The molecule has 3 aromatic rings. The molecule has 1 unspecified atom stereocenters. The van der Waals surface area contributed by atoms with E-state index < -0.39 is 0 Å². The van der Waals surface area contributed by atoms with E-state index in [9.17, 15) is 9.90 Å². The first-order chi connectivity index (χ1) is 15.1. The Morgan fingerprint density at radius 2 is 2.03 bits per heavy atom. The van der Waals surface area contributed by atoms with Crippen molar-refractivity contribution in [3.63, 3.8) is 0 Å². The third-order valence-electron chi connectivity index (χ3n) is 6.15. The van der Waals surface area contributed by atoms with Crippen molar-refractivity contribution in [3.05, 3.63) is 47.8 Å². The quantitative estimate of drug-likeness (QED) is 0.510. The fourth-order valence-corrected chi connectivity index (χ4v) is 4.44. The molecule has 31 heavy (non-hydrogen) atoms. The minimum absolute atomic E-state index is 0.174. The third kappa shape index (κ3) is 4.50. The second kappa shape index (κ2) is 9.37. The Balaban J connectivity index is 1.67. The Bertz CT molecular complexity index is 1060. The smallest absolute Gasteiger partial charge is 0.255 e. The molecule has 3 N–H and O–H groups in total. The molecule has 0 bridgehead atoms. The van der Waals surface area contributed by atoms with Gasteiger partial charge in [0.25, 0.3) is 5.91 Å². The highest BCUT2D eigenvalue weighted by molar-refractivity contribution is 6.06. The molecule has 1 saturated carbocycles. The number of fused-ring (bicyclic) bond motifs is 1. The van der Waals surface area contributed by atoms with Crippen LogP contribution in [-0.2, 0) is 6.54 Å². The number of hydrogen-bond donors (Lipinski definition) is 3. The van der Waals surface area contributed by atoms with Crippen LogP contribution in [0.4, 0.5) is 5.69 Å². The Morgan fingerprint density at radius 3 is 2.74 bits per heavy atom. The highest BCUT2D eigenvalue weighted by atomic mass is 16.3. The number of rotatable bonds is 7. The average molecular weight is 422 g/mol. The minimum atomic E-state index is -0.198. The van der Waals surface area contributed by atoms with E-state index in [0.717, 1.165) is 41.7 Å². The van der Waals surface area contributed by atoms with E-state index in [1.54, 1.807) is 30.6 Å². The molecule has 1 atom stereocenters. The van der Waals surface area contributed by atoms with E-state index in [4.69, 9.17) is 0 Å². The minimum Gasteiger partial charge on any atom is -0.508 e. The van der Waals surface area contributed by atoms with E-state index in [2.05, 4.69) is 20.7 Å². The van der Waals surface area contributed by atoms with Gasteiger partial charge in [-0.05, 0) is 43.9 Å². The van der Waals surface area contributed by atoms with Crippen LogP contribution in [0.2, 0.25) is 0 Å². The number of carbonyl (C=O) groups excluding carboxylic acids is 1. The number of pyridine rings is 1. The summed E-state index contributed by atoms with van der Waals surface area (Å²) in [6, 6.07) is 7.19. The second-order valence-corrected chi connectivity index (χ2v) is 8.25. The molecule has 7 nitrogen and oxygen atoms in total. The summed E-state index contributed by atoms with van der Waals surface area (Å²) in [7, 11) is 0. The maximum atomic E-state index is 13.4. The lowest BCUT2D eigenvalue weighted by molar-refractivity contribution is 0.0936. The normalized spacial score (nSPS) is 15.7. The first kappa shape index (κ1) is 21.2. The molecule has 0 spiro atoms. The van der Waals surface area contributed by atoms with Crippen LogP contribution >= 0.6 is 0 Å². The maximum Gasteiger partial charge on any atom is 0.255 e. The number of hydrogen-bond acceptors (Lipinski definition) is 5. The van der Waals surface area contributed by atoms with Gasteiger partial charge in [0, 0.05) is 18.8 Å². The van der Waals surface area contributed by atoms with Crippen molar-refractivity contribution >= 4 is 22.6 Å². The van der Waals surface area contributed by atoms with Crippen LogP contribution in [0.25, 0.3) is 11.0 Å². The molecule has 0 radical (unpaired) electrons. The lowest BCUT2D eigenvalue weighted by Crippen LogP contribution is -2.30. The SMILES string of the molecule is CCC(NC(=O)c1cnc2c(cnn2CC)c1NC1CCCCC1)c1cccc(O)c1. The zero-order valence-electron chi connectivity index (χ0n) is 18.3. The fraction of sp³-hybridized carbons (Fsp3) is 0.458. The molecule has 1 aliphatic carbocycles. The predicted molar refractivity (Wildman–Crippen MR) is 122 cm³/mol. The number of benzene rings is 1. The number of nitrogens with one attached hydrogen (secondary N) is 2. The van der Waals surface area contributed by atoms with Gasteiger partial charge in [0.15, 0.2) is 5.65 Å². The molecule has 1 amide bonds. The van der Waals surface area contributed by atoms with Gasteiger partial charge >= 0.3 is 0 Å². The molecule has 2 heterocycles. The number of anilines is 1. The lowest BCUT2D eigenvalue weighted by Gasteiger charge is -2.26. The van der Waals surface area contributed by atoms with Gasteiger partial charge < -0.3 is 15.7 Å². The largest absolute Gasteiger partial charge is 0.508 e. The summed E-state index contributed by atoms with van der Waals surface area (Å²) < 4.78 is 1.85. The van der Waals surface area contributed by atoms with E-state index >= 15 is 0 Å². The molecule has 1 aliphatic rings. The topological polar surface area (TPSA) is 92.1 Å². The van der Waals surface area contributed by atoms with Crippen LogP contribution in [0.3, 0.4) is 0 Å². The molecular formula is C24H31N5O2. The number of aromatic nitrogens is 3. The van der Waals surface area contributed by atoms with E-state index in [-0.39, 0.29) is 17.7 Å². The van der Waals surface area contributed by atoms with Gasteiger partial charge in [0.1, 0.15) is 5.75 Å². The van der Waals surface area contributed by atoms with Crippen molar-refractivity contribution in [1.29, 1.82) is 0 Å². The predicted octanol–water partition coefficient (Wildman–Crippen LogP) is 4.78. The van der Waals surface area contributed by atoms with E-state index in [0.29, 0.717) is 18.0 Å². The molecule has 7 heteroatoms. The number of carbonyl (C=O) groups is 1. The van der Waals surface area contributed by atoms with Crippen LogP contribution < -0.4 is 10.6 Å². The van der Waals surface area contributed by atoms with Gasteiger partial charge in [0.05, 0.1) is 28.9 Å². The average Bonchev–Trinajstić information content (AvgIpc) is 3.22. The maximum absolute atomic E-state index is 13.4. The van der Waals surface area contributed by atoms with Gasteiger partial charge in [-0.2, -0.15) is 5.10 Å². The van der Waals surface area contributed by atoms with Crippen molar-refractivity contribution in [2.24, 2.45) is 0 Å². The van der Waals surface area contributed by atoms with Crippen molar-refractivity contribution in [1.82, 2.24) is 20.1 Å². The molecule has 0 aliphatic heterocycles. The van der Waals surface area contributed by atoms with E-state index in [1.807, 2.05) is 24.6 Å². The Labute approximate surface area is 182 Å². The summed E-state index contributed by atoms with van der Waals surface area (Å²) >= 11 is 0. The highest BCUT2D eigenvalue weighted by Gasteiger charge is 2.23. The zero-order valence-corrected chi connectivity index (χ0v) is 18.3. The van der Waals surface area contributed by atoms with Crippen LogP contribution in [0.15, 0.2) is 36.7 Å². The molecule has 0 saturated heterocycles. The standard InChI is InChI=1S/C24H31N5O2/c1-3-21(16-9-8-12-18(30)13-16)28-24(31)20-14-25-23-19(15-26-29(23)4-2)22(20)27-17-10-6-5-7-11-17/h8-9,12-15,17,21,30H,3-7,10-11H2,1-2H3,(H,25,27)(H,28,31). The zero-order chi connectivity index (χ0) is 21.8. The van der Waals surface area contributed by atoms with Gasteiger partial charge in [-0.3, -0.25) is 4.79 Å². The number of nitrogens with zero attached hydrogens (tertiary/aromatic N) is 3. The number of aromatic hydroxyl groups is 1. The summed E-state index contributed by atoms with van der Waals surface area (Å²) in [5.41, 5.74) is 3.02. The monoisotopic (exact) mass is 421 g/mol. The van der Waals surface area contributed by atoms with Crippen molar-refractivity contribution in [2.45, 2.75) is 71.0 Å². The highest BCUT2D eigenvalue weighted by Crippen LogP contribution is 2.30. The van der Waals surface area contributed by atoms with Crippen LogP contribution in [0.1, 0.15) is 74.3 Å². The summed E-state index contributed by atoms with van der Waals surface area (Å²) in [5, 5.41) is 22.0. The molecule has 164 valence electrons. The number of phenolic OH excluding ortho intramolecular Hbond substituents is 1. The first-order valence-corrected chi connectivity index (χ1v) is 11.3. The first-order valence-electron chi connectivity index (χ1n) is 11.3. The van der Waals surface area contributed by atoms with Gasteiger partial charge in [-0.15, -0.1) is 0 Å². The number of amides is 1. The third-order valence-corrected chi connectivity index (χ3v) is 6.15. The molecule has 1 fully saturated rings. The van der Waals surface area contributed by atoms with Crippen molar-refractivity contribution in [2.75, 3.05) is 5.32 Å². The van der Waals surface area contributed by atoms with Gasteiger partial charge in [-0.25, -0.2) is 9.67 Å². The summed E-state index contributed by atoms with van der Waals surface area (Å²) in [6.07, 6.45) is 10.1. The summed E-state index contributed by atoms with van der Waals surface area (Å²) in [6.45, 7) is 4.77. The van der Waals surface area contributed by atoms with Gasteiger partial charge in [-0.1, -0.05) is 38.3 Å². The Kier molecular flexibility index (Phi) is 6.39. The van der Waals surface area contributed by atoms with Crippen LogP contribution in [0, 0.1) is 0 Å². The van der Waals surface area contributed by atoms with Crippen molar-refractivity contribution < 1.29 is 9.90 Å². The van der Waals surface area contributed by atoms with Crippen LogP contribution in [0.5, 0.6) is 5.75 Å². The molecule has 2 aromatic heterocycles. The molecular weight excluding hydrogens is 390 g/mol. The fourth-order valence-electron chi connectivity index (χ4n) is 4.44.